The topological polar surface area (TPSA) is 123 Å². The van der Waals surface area contributed by atoms with Gasteiger partial charge in [0.15, 0.2) is 0 Å². The molecule has 0 unspecified atom stereocenters. The largest absolute Gasteiger partial charge is 0.465 e. The van der Waals surface area contributed by atoms with Crippen molar-refractivity contribution in [3.63, 3.8) is 0 Å². The second-order valence-electron chi connectivity index (χ2n) is 5.39. The van der Waals surface area contributed by atoms with E-state index in [9.17, 15) is 19.8 Å². The molecule has 0 spiro atoms. The van der Waals surface area contributed by atoms with Gasteiger partial charge in [-0.15, -0.1) is 11.3 Å². The first-order valence-electron chi connectivity index (χ1n) is 7.53. The Bertz CT molecular complexity index is 680. The third kappa shape index (κ3) is 5.73. The maximum absolute atomic E-state index is 11.8. The Morgan fingerprint density at radius 3 is 2.52 bits per heavy atom. The van der Waals surface area contributed by atoms with Crippen molar-refractivity contribution in [1.82, 2.24) is 15.2 Å². The van der Waals surface area contributed by atoms with Gasteiger partial charge >= 0.3 is 12.2 Å². The normalized spacial score (nSPS) is 13.0. The molecule has 1 heterocycles. The third-order valence-electron chi connectivity index (χ3n) is 3.65. The van der Waals surface area contributed by atoms with E-state index in [0.717, 1.165) is 15.3 Å². The van der Waals surface area contributed by atoms with Crippen molar-refractivity contribution in [2.24, 2.45) is 0 Å². The van der Waals surface area contributed by atoms with Gasteiger partial charge in [-0.05, 0) is 12.0 Å². The van der Waals surface area contributed by atoms with Crippen LogP contribution in [-0.4, -0.2) is 56.1 Å². The number of hydrogen-bond acceptors (Lipinski definition) is 5. The molecule has 1 aromatic carbocycles. The number of rotatable bonds is 8. The van der Waals surface area contributed by atoms with Gasteiger partial charge in [0.05, 0.1) is 24.2 Å². The molecule has 0 saturated heterocycles. The average molecular weight is 365 g/mol. The van der Waals surface area contributed by atoms with Gasteiger partial charge in [-0.25, -0.2) is 9.59 Å². The molecule has 1 aromatic heterocycles. The zero-order valence-electron chi connectivity index (χ0n) is 13.3. The summed E-state index contributed by atoms with van der Waals surface area (Å²) in [6.07, 6.45) is -1.83. The summed E-state index contributed by atoms with van der Waals surface area (Å²) in [5, 5.41) is 30.9. The molecule has 0 aliphatic rings. The van der Waals surface area contributed by atoms with Crippen LogP contribution < -0.4 is 5.32 Å². The van der Waals surface area contributed by atoms with Gasteiger partial charge in [0, 0.05) is 17.6 Å². The Morgan fingerprint density at radius 1 is 1.24 bits per heavy atom. The van der Waals surface area contributed by atoms with Crippen LogP contribution in [-0.2, 0) is 13.0 Å². The molecule has 2 amide bonds. The van der Waals surface area contributed by atoms with Crippen LogP contribution in [0.1, 0.15) is 10.4 Å². The molecule has 25 heavy (non-hydrogen) atoms. The lowest BCUT2D eigenvalue weighted by molar-refractivity contribution is 0.0449. The Balaban J connectivity index is 2.22. The average Bonchev–Trinajstić information content (AvgIpc) is 3.09. The monoisotopic (exact) mass is 365 g/mol. The summed E-state index contributed by atoms with van der Waals surface area (Å²) >= 11 is 1.31. The molecule has 4 N–H and O–H groups in total. The van der Waals surface area contributed by atoms with Gasteiger partial charge in [-0.1, -0.05) is 30.3 Å². The molecular formula is C16H19N3O5S. The number of aliphatic hydroxyl groups is 1. The minimum atomic E-state index is -1.28. The number of thiazole rings is 1. The van der Waals surface area contributed by atoms with Crippen LogP contribution in [0.3, 0.4) is 0 Å². The van der Waals surface area contributed by atoms with Gasteiger partial charge in [-0.3, -0.25) is 9.88 Å². The first-order chi connectivity index (χ1) is 12.0. The summed E-state index contributed by atoms with van der Waals surface area (Å²) in [5.41, 5.74) is 2.45. The van der Waals surface area contributed by atoms with Gasteiger partial charge in [0.25, 0.3) is 0 Å². The summed E-state index contributed by atoms with van der Waals surface area (Å²) in [4.78, 5) is 28.2. The third-order valence-corrected chi connectivity index (χ3v) is 4.41. The Kier molecular flexibility index (Phi) is 6.72. The van der Waals surface area contributed by atoms with E-state index in [4.69, 9.17) is 5.11 Å². The smallest absolute Gasteiger partial charge is 0.407 e. The van der Waals surface area contributed by atoms with Crippen molar-refractivity contribution in [1.29, 1.82) is 0 Å². The Hall–Kier alpha value is -2.65. The standard InChI is InChI=1S/C16H19N3O5S/c20-14(8-18-15(21)22)13(6-11-4-2-1-3-5-11)19(16(23)24)9-12-7-17-10-25-12/h1-5,7,10,13-14,18,20H,6,8-9H2,(H,21,22)(H,23,24)/t13-,14+/m0/s1. The molecule has 134 valence electrons. The highest BCUT2D eigenvalue weighted by atomic mass is 32.1. The lowest BCUT2D eigenvalue weighted by Crippen LogP contribution is -2.51. The number of benzene rings is 1. The molecule has 0 radical (unpaired) electrons. The van der Waals surface area contributed by atoms with Crippen molar-refractivity contribution < 1.29 is 24.9 Å². The van der Waals surface area contributed by atoms with E-state index < -0.39 is 24.3 Å². The molecule has 0 bridgehead atoms. The number of amides is 2. The van der Waals surface area contributed by atoms with Crippen molar-refractivity contribution in [2.75, 3.05) is 6.54 Å². The summed E-state index contributed by atoms with van der Waals surface area (Å²) in [6.45, 7) is -0.194. The molecule has 2 aromatic rings. The summed E-state index contributed by atoms with van der Waals surface area (Å²) in [5.74, 6) is 0. The van der Waals surface area contributed by atoms with E-state index in [0.29, 0.717) is 0 Å². The van der Waals surface area contributed by atoms with Crippen molar-refractivity contribution in [3.05, 3.63) is 52.5 Å². The highest BCUT2D eigenvalue weighted by Gasteiger charge is 2.30. The van der Waals surface area contributed by atoms with Gasteiger partial charge in [-0.2, -0.15) is 0 Å². The molecule has 2 rings (SSSR count). The maximum Gasteiger partial charge on any atom is 0.407 e. The van der Waals surface area contributed by atoms with E-state index in [-0.39, 0.29) is 19.5 Å². The minimum Gasteiger partial charge on any atom is -0.465 e. The number of carboxylic acid groups (broad SMARTS) is 2. The number of nitrogens with zero attached hydrogens (tertiary/aromatic N) is 2. The Morgan fingerprint density at radius 2 is 1.96 bits per heavy atom. The van der Waals surface area contributed by atoms with Crippen molar-refractivity contribution in [2.45, 2.75) is 25.1 Å². The number of hydrogen-bond donors (Lipinski definition) is 4. The minimum absolute atomic E-state index is 0.0711. The molecule has 0 fully saturated rings. The molecule has 2 atom stereocenters. The number of nitrogens with one attached hydrogen (secondary N) is 1. The van der Waals surface area contributed by atoms with Gasteiger partial charge < -0.3 is 20.6 Å². The molecule has 0 aliphatic heterocycles. The fraction of sp³-hybridized carbons (Fsp3) is 0.312. The van der Waals surface area contributed by atoms with E-state index in [1.807, 2.05) is 30.3 Å². The lowest BCUT2D eigenvalue weighted by atomic mass is 9.99. The van der Waals surface area contributed by atoms with Crippen LogP contribution in [0.4, 0.5) is 9.59 Å². The summed E-state index contributed by atoms with van der Waals surface area (Å²) in [6, 6.07) is 8.33. The second-order valence-corrected chi connectivity index (χ2v) is 6.36. The van der Waals surface area contributed by atoms with Crippen LogP contribution in [0.2, 0.25) is 0 Å². The first kappa shape index (κ1) is 18.7. The van der Waals surface area contributed by atoms with E-state index in [2.05, 4.69) is 10.3 Å². The highest BCUT2D eigenvalue weighted by Crippen LogP contribution is 2.18. The second kappa shape index (κ2) is 9.00. The van der Waals surface area contributed by atoms with E-state index >= 15 is 0 Å². The van der Waals surface area contributed by atoms with Gasteiger partial charge in [0.2, 0.25) is 0 Å². The predicted octanol–water partition coefficient (Wildman–Crippen LogP) is 1.86. The zero-order valence-corrected chi connectivity index (χ0v) is 14.1. The zero-order chi connectivity index (χ0) is 18.2. The SMILES string of the molecule is O=C(O)NC[C@@H](O)[C@H](Cc1ccccc1)N(Cc1cncs1)C(=O)O. The van der Waals surface area contributed by atoms with E-state index in [1.54, 1.807) is 11.7 Å². The fourth-order valence-corrected chi connectivity index (χ4v) is 3.04. The predicted molar refractivity (Wildman–Crippen MR) is 91.7 cm³/mol. The number of carbonyl (C=O) groups is 2. The van der Waals surface area contributed by atoms with Crippen LogP contribution >= 0.6 is 11.3 Å². The van der Waals surface area contributed by atoms with Gasteiger partial charge in [0.1, 0.15) is 0 Å². The van der Waals surface area contributed by atoms with E-state index in [1.165, 1.54) is 11.3 Å². The fourth-order valence-electron chi connectivity index (χ4n) is 2.45. The molecule has 0 aliphatic carbocycles. The summed E-state index contributed by atoms with van der Waals surface area (Å²) < 4.78 is 0. The molecular weight excluding hydrogens is 346 g/mol. The summed E-state index contributed by atoms with van der Waals surface area (Å²) in [7, 11) is 0. The van der Waals surface area contributed by atoms with Crippen LogP contribution in [0.15, 0.2) is 42.0 Å². The number of aromatic nitrogens is 1. The number of aliphatic hydroxyl groups excluding tert-OH is 1. The van der Waals surface area contributed by atoms with Crippen molar-refractivity contribution >= 4 is 23.5 Å². The Labute approximate surface area is 148 Å². The maximum atomic E-state index is 11.8. The highest BCUT2D eigenvalue weighted by molar-refractivity contribution is 7.09. The van der Waals surface area contributed by atoms with Crippen LogP contribution in [0, 0.1) is 0 Å². The molecule has 8 nitrogen and oxygen atoms in total. The van der Waals surface area contributed by atoms with Crippen molar-refractivity contribution in [3.8, 4) is 0 Å². The lowest BCUT2D eigenvalue weighted by Gasteiger charge is -2.32. The van der Waals surface area contributed by atoms with Crippen LogP contribution in [0.25, 0.3) is 0 Å². The molecule has 9 heteroatoms. The first-order valence-corrected chi connectivity index (χ1v) is 8.41. The molecule has 0 saturated carbocycles. The quantitative estimate of drug-likeness (QED) is 0.566. The van der Waals surface area contributed by atoms with Crippen LogP contribution in [0.5, 0.6) is 0 Å².